The van der Waals surface area contributed by atoms with Gasteiger partial charge in [0.15, 0.2) is 24.1 Å². The van der Waals surface area contributed by atoms with Gasteiger partial charge in [-0.05, 0) is 6.07 Å². The molecule has 3 aromatic heterocycles. The molecule has 1 saturated heterocycles. The van der Waals surface area contributed by atoms with Crippen molar-refractivity contribution in [3.05, 3.63) is 24.9 Å². The topological polar surface area (TPSA) is 136 Å². The van der Waals surface area contributed by atoms with E-state index in [4.69, 9.17) is 18.9 Å². The molecule has 0 N–H and O–H groups in total. The van der Waals surface area contributed by atoms with Crippen molar-refractivity contribution in [1.82, 2.24) is 24.1 Å². The van der Waals surface area contributed by atoms with Gasteiger partial charge in [0.2, 0.25) is 0 Å². The van der Waals surface area contributed by atoms with Gasteiger partial charge in [-0.1, -0.05) is 0 Å². The minimum absolute atomic E-state index is 0.186. The van der Waals surface area contributed by atoms with Gasteiger partial charge in [-0.2, -0.15) is 5.10 Å². The van der Waals surface area contributed by atoms with Gasteiger partial charge in [-0.25, -0.2) is 14.5 Å². The maximum Gasteiger partial charge on any atom is 0.303 e. The lowest BCUT2D eigenvalue weighted by atomic mass is 10.1. The number of aromatic nitrogens is 5. The van der Waals surface area contributed by atoms with E-state index < -0.39 is 42.4 Å². The number of imidazole rings is 1. The summed E-state index contributed by atoms with van der Waals surface area (Å²) in [6.45, 7) is 3.53. The predicted octanol–water partition coefficient (Wildman–Crippen LogP) is 0.403. The molecular formula is C18H19N5O7. The van der Waals surface area contributed by atoms with E-state index in [0.29, 0.717) is 11.2 Å². The van der Waals surface area contributed by atoms with Gasteiger partial charge in [0.1, 0.15) is 24.6 Å². The minimum Gasteiger partial charge on any atom is -0.463 e. The highest BCUT2D eigenvalue weighted by molar-refractivity contribution is 5.87. The molecule has 30 heavy (non-hydrogen) atoms. The molecule has 0 radical (unpaired) electrons. The van der Waals surface area contributed by atoms with Crippen LogP contribution in [0.2, 0.25) is 0 Å². The molecule has 1 aliphatic heterocycles. The van der Waals surface area contributed by atoms with Gasteiger partial charge in [0, 0.05) is 20.8 Å². The fourth-order valence-electron chi connectivity index (χ4n) is 3.47. The molecule has 1 aliphatic rings. The fourth-order valence-corrected chi connectivity index (χ4v) is 3.47. The summed E-state index contributed by atoms with van der Waals surface area (Å²) in [5, 5.41) is 4.13. The van der Waals surface area contributed by atoms with Crippen LogP contribution in [0.15, 0.2) is 24.9 Å². The summed E-state index contributed by atoms with van der Waals surface area (Å²) in [5.41, 5.74) is 1.75. The summed E-state index contributed by atoms with van der Waals surface area (Å²) >= 11 is 0. The van der Waals surface area contributed by atoms with Crippen LogP contribution in [-0.4, -0.2) is 67.0 Å². The number of hydrogen-bond acceptors (Lipinski definition) is 10. The van der Waals surface area contributed by atoms with Gasteiger partial charge in [0.05, 0.1) is 18.0 Å². The van der Waals surface area contributed by atoms with E-state index in [2.05, 4.69) is 15.1 Å². The summed E-state index contributed by atoms with van der Waals surface area (Å²) in [7, 11) is 0. The van der Waals surface area contributed by atoms with E-state index in [1.807, 2.05) is 0 Å². The second-order valence-corrected chi connectivity index (χ2v) is 6.75. The molecule has 158 valence electrons. The highest BCUT2D eigenvalue weighted by Gasteiger charge is 2.51. The maximum atomic E-state index is 11.8. The van der Waals surface area contributed by atoms with Crippen LogP contribution in [0, 0.1) is 0 Å². The number of ether oxygens (including phenoxy) is 4. The quantitative estimate of drug-likeness (QED) is 0.424. The van der Waals surface area contributed by atoms with Crippen LogP contribution in [-0.2, 0) is 33.3 Å². The Kier molecular flexibility index (Phi) is 5.08. The lowest BCUT2D eigenvalue weighted by molar-refractivity contribution is -0.166. The third kappa shape index (κ3) is 3.56. The number of hydrogen-bond donors (Lipinski definition) is 0. The van der Waals surface area contributed by atoms with E-state index >= 15 is 0 Å². The molecule has 4 heterocycles. The third-order valence-electron chi connectivity index (χ3n) is 4.58. The first-order valence-electron chi connectivity index (χ1n) is 9.13. The van der Waals surface area contributed by atoms with Gasteiger partial charge in [0.25, 0.3) is 0 Å². The van der Waals surface area contributed by atoms with Crippen molar-refractivity contribution in [1.29, 1.82) is 0 Å². The highest BCUT2D eigenvalue weighted by atomic mass is 16.7. The van der Waals surface area contributed by atoms with E-state index in [1.54, 1.807) is 21.3 Å². The van der Waals surface area contributed by atoms with Crippen LogP contribution in [0.5, 0.6) is 0 Å². The van der Waals surface area contributed by atoms with Gasteiger partial charge in [-0.3, -0.25) is 19.0 Å². The smallest absolute Gasteiger partial charge is 0.303 e. The Hall–Kier alpha value is -3.54. The van der Waals surface area contributed by atoms with Crippen molar-refractivity contribution >= 4 is 34.6 Å². The molecule has 1 fully saturated rings. The van der Waals surface area contributed by atoms with E-state index in [0.717, 1.165) is 5.52 Å². The summed E-state index contributed by atoms with van der Waals surface area (Å²) in [6, 6.07) is 1.78. The van der Waals surface area contributed by atoms with Crippen LogP contribution in [0.25, 0.3) is 16.7 Å². The van der Waals surface area contributed by atoms with Crippen LogP contribution in [0.4, 0.5) is 0 Å². The Morgan fingerprint density at radius 1 is 1.03 bits per heavy atom. The van der Waals surface area contributed by atoms with Crippen molar-refractivity contribution in [3.63, 3.8) is 0 Å². The van der Waals surface area contributed by atoms with Crippen molar-refractivity contribution in [2.75, 3.05) is 6.61 Å². The summed E-state index contributed by atoms with van der Waals surface area (Å²) < 4.78 is 25.0. The van der Waals surface area contributed by atoms with Crippen LogP contribution < -0.4 is 0 Å². The molecule has 12 nitrogen and oxygen atoms in total. The van der Waals surface area contributed by atoms with Crippen LogP contribution in [0.1, 0.15) is 27.0 Å². The molecule has 0 spiro atoms. The second kappa shape index (κ2) is 7.71. The van der Waals surface area contributed by atoms with E-state index in [-0.39, 0.29) is 6.61 Å². The number of carbonyl (C=O) groups is 3. The zero-order chi connectivity index (χ0) is 21.4. The number of fused-ring (bicyclic) bond motifs is 3. The molecule has 4 atom stereocenters. The van der Waals surface area contributed by atoms with Gasteiger partial charge < -0.3 is 18.9 Å². The first-order valence-corrected chi connectivity index (χ1v) is 9.13. The number of nitrogens with zero attached hydrogens (tertiary/aromatic N) is 5. The number of esters is 3. The van der Waals surface area contributed by atoms with Gasteiger partial charge >= 0.3 is 17.9 Å². The molecule has 0 saturated carbocycles. The van der Waals surface area contributed by atoms with E-state index in [9.17, 15) is 14.4 Å². The summed E-state index contributed by atoms with van der Waals surface area (Å²) in [6.07, 6.45) is 0.857. The standard InChI is InChI=1S/C18H19N5O7/c1-9(24)27-6-13-15(28-10(2)25)16(29-11(3)26)18(30-13)22-7-19-14-12-4-5-21-23(12)8-20-17(14)22/h4-5,7-8,13,15-16,18H,6H2,1-3H3/t13-,15-,16-,18-/m1/s1. The lowest BCUT2D eigenvalue weighted by Crippen LogP contribution is -2.40. The van der Waals surface area contributed by atoms with Crippen molar-refractivity contribution in [2.24, 2.45) is 0 Å². The monoisotopic (exact) mass is 417 g/mol. The Balaban J connectivity index is 1.75. The van der Waals surface area contributed by atoms with Crippen molar-refractivity contribution in [2.45, 2.75) is 45.3 Å². The number of carbonyl (C=O) groups excluding carboxylic acids is 3. The summed E-state index contributed by atoms with van der Waals surface area (Å²) in [4.78, 5) is 43.5. The first kappa shape index (κ1) is 19.8. The minimum atomic E-state index is -1.01. The molecule has 0 aliphatic carbocycles. The third-order valence-corrected chi connectivity index (χ3v) is 4.58. The zero-order valence-corrected chi connectivity index (χ0v) is 16.4. The molecule has 0 aromatic carbocycles. The molecular weight excluding hydrogens is 398 g/mol. The van der Waals surface area contributed by atoms with Gasteiger partial charge in [-0.15, -0.1) is 0 Å². The second-order valence-electron chi connectivity index (χ2n) is 6.75. The van der Waals surface area contributed by atoms with Crippen molar-refractivity contribution in [3.8, 4) is 0 Å². The number of rotatable bonds is 5. The Morgan fingerprint density at radius 3 is 2.47 bits per heavy atom. The summed E-state index contributed by atoms with van der Waals surface area (Å²) in [5.74, 6) is -1.70. The van der Waals surface area contributed by atoms with Crippen LogP contribution >= 0.6 is 0 Å². The van der Waals surface area contributed by atoms with Crippen LogP contribution in [0.3, 0.4) is 0 Å². The highest BCUT2D eigenvalue weighted by Crippen LogP contribution is 2.36. The average Bonchev–Trinajstić information content (AvgIpc) is 3.36. The molecule has 0 unspecified atom stereocenters. The average molecular weight is 417 g/mol. The Morgan fingerprint density at radius 2 is 1.77 bits per heavy atom. The molecule has 0 bridgehead atoms. The largest absolute Gasteiger partial charge is 0.463 e. The molecule has 4 rings (SSSR count). The molecule has 12 heteroatoms. The predicted molar refractivity (Wildman–Crippen MR) is 97.9 cm³/mol. The first-order chi connectivity index (χ1) is 14.3. The Bertz CT molecular complexity index is 1120. The fraction of sp³-hybridized carbons (Fsp3) is 0.444. The molecule has 3 aromatic rings. The van der Waals surface area contributed by atoms with Crippen molar-refractivity contribution < 1.29 is 33.3 Å². The normalized spacial score (nSPS) is 23.6. The molecule has 0 amide bonds. The Labute approximate surface area is 169 Å². The maximum absolute atomic E-state index is 11.8. The zero-order valence-electron chi connectivity index (χ0n) is 16.4. The van der Waals surface area contributed by atoms with E-state index in [1.165, 1.54) is 33.4 Å². The SMILES string of the molecule is CC(=O)OC[C@H]1O[C@@H](n2cnc3c2ncn2nccc32)[C@H](OC(C)=O)[C@@H]1OC(C)=O. The lowest BCUT2D eigenvalue weighted by Gasteiger charge is -2.23.